The predicted molar refractivity (Wildman–Crippen MR) is 122 cm³/mol. The van der Waals surface area contributed by atoms with E-state index in [0.29, 0.717) is 28.1 Å². The molecule has 33 heavy (non-hydrogen) atoms. The summed E-state index contributed by atoms with van der Waals surface area (Å²) in [5.74, 6) is -0.911. The molecule has 3 rings (SSSR count). The van der Waals surface area contributed by atoms with Crippen LogP contribution < -0.4 is 5.32 Å². The van der Waals surface area contributed by atoms with E-state index in [1.807, 2.05) is 0 Å². The van der Waals surface area contributed by atoms with Crippen molar-refractivity contribution in [1.82, 2.24) is 0 Å². The largest absolute Gasteiger partial charge is 0.456 e. The van der Waals surface area contributed by atoms with E-state index in [-0.39, 0.29) is 5.82 Å². The quantitative estimate of drug-likeness (QED) is 0.242. The molecule has 0 aliphatic heterocycles. The zero-order valence-electron chi connectivity index (χ0n) is 18.3. The lowest BCUT2D eigenvalue weighted by Gasteiger charge is -2.21. The Balaban J connectivity index is 1.90. The molecule has 0 bridgehead atoms. The second kappa shape index (κ2) is 9.48. The topological polar surface area (TPSA) is 38.3 Å². The summed E-state index contributed by atoms with van der Waals surface area (Å²) in [7, 11) is 0. The first-order valence-electron chi connectivity index (χ1n) is 10.2. The second-order valence-corrected chi connectivity index (χ2v) is 8.39. The Hall–Kier alpha value is -3.61. The Bertz CT molecular complexity index is 1140. The molecule has 0 fully saturated rings. The Morgan fingerprint density at radius 3 is 2.00 bits per heavy atom. The lowest BCUT2D eigenvalue weighted by Crippen LogP contribution is -2.24. The van der Waals surface area contributed by atoms with Crippen LogP contribution in [0.2, 0.25) is 0 Å². The van der Waals surface area contributed by atoms with Crippen molar-refractivity contribution in [2.45, 2.75) is 32.5 Å². The molecular formula is C26H23F4NO2. The minimum atomic E-state index is -4.39. The van der Waals surface area contributed by atoms with Crippen LogP contribution in [0.3, 0.4) is 0 Å². The number of benzene rings is 3. The molecule has 7 heteroatoms. The van der Waals surface area contributed by atoms with Gasteiger partial charge in [0.2, 0.25) is 0 Å². The van der Waals surface area contributed by atoms with Gasteiger partial charge < -0.3 is 10.1 Å². The number of esters is 1. The van der Waals surface area contributed by atoms with Gasteiger partial charge in [0.25, 0.3) is 0 Å². The Labute approximate surface area is 189 Å². The van der Waals surface area contributed by atoms with Crippen molar-refractivity contribution in [1.29, 1.82) is 0 Å². The van der Waals surface area contributed by atoms with Crippen LogP contribution in [0.25, 0.3) is 12.2 Å². The maximum Gasteiger partial charge on any atom is 0.416 e. The van der Waals surface area contributed by atoms with Gasteiger partial charge in [0.05, 0.1) is 16.8 Å². The third kappa shape index (κ3) is 6.94. The van der Waals surface area contributed by atoms with Gasteiger partial charge in [-0.3, -0.25) is 0 Å². The summed E-state index contributed by atoms with van der Waals surface area (Å²) in [6.45, 7) is 5.29. The number of ether oxygens (including phenoxy) is 1. The number of carbonyl (C=O) groups excluding carboxylic acids is 1. The van der Waals surface area contributed by atoms with E-state index in [1.165, 1.54) is 24.3 Å². The van der Waals surface area contributed by atoms with E-state index >= 15 is 0 Å². The molecule has 0 aliphatic carbocycles. The fourth-order valence-corrected chi connectivity index (χ4v) is 2.94. The van der Waals surface area contributed by atoms with E-state index in [4.69, 9.17) is 4.74 Å². The highest BCUT2D eigenvalue weighted by atomic mass is 19.4. The fourth-order valence-electron chi connectivity index (χ4n) is 2.94. The third-order valence-corrected chi connectivity index (χ3v) is 4.49. The van der Waals surface area contributed by atoms with Gasteiger partial charge >= 0.3 is 12.1 Å². The maximum absolute atomic E-state index is 13.3. The summed E-state index contributed by atoms with van der Waals surface area (Å²) >= 11 is 0. The Morgan fingerprint density at radius 2 is 1.42 bits per heavy atom. The van der Waals surface area contributed by atoms with Crippen LogP contribution in [0, 0.1) is 5.82 Å². The van der Waals surface area contributed by atoms with Gasteiger partial charge in [-0.1, -0.05) is 30.4 Å². The number of hydrogen-bond acceptors (Lipinski definition) is 3. The number of alkyl halides is 3. The molecule has 0 saturated carbocycles. The Kier molecular flexibility index (Phi) is 6.91. The van der Waals surface area contributed by atoms with Gasteiger partial charge in [-0.2, -0.15) is 13.2 Å². The highest BCUT2D eigenvalue weighted by Gasteiger charge is 2.29. The first kappa shape index (κ1) is 24.0. The molecule has 0 unspecified atom stereocenters. The maximum atomic E-state index is 13.3. The molecule has 0 saturated heterocycles. The SMILES string of the molecule is CC(C)(C)OC(=O)c1ccc(C=Cc2ccc(C(F)(F)F)cc2)cc1Nc1ccc(F)cc1. The zero-order valence-corrected chi connectivity index (χ0v) is 18.3. The van der Waals surface area contributed by atoms with Crippen molar-refractivity contribution in [3.63, 3.8) is 0 Å². The molecule has 172 valence electrons. The normalized spacial score (nSPS) is 12.1. The average molecular weight is 457 g/mol. The van der Waals surface area contributed by atoms with Gasteiger partial charge in [0.1, 0.15) is 11.4 Å². The molecule has 0 atom stereocenters. The molecule has 0 amide bonds. The number of rotatable bonds is 5. The lowest BCUT2D eigenvalue weighted by molar-refractivity contribution is -0.137. The fraction of sp³-hybridized carbons (Fsp3) is 0.192. The van der Waals surface area contributed by atoms with Crippen molar-refractivity contribution in [3.8, 4) is 0 Å². The number of anilines is 2. The highest BCUT2D eigenvalue weighted by Crippen LogP contribution is 2.30. The summed E-state index contributed by atoms with van der Waals surface area (Å²) in [6.07, 6.45) is -0.998. The second-order valence-electron chi connectivity index (χ2n) is 8.39. The minimum absolute atomic E-state index is 0.293. The third-order valence-electron chi connectivity index (χ3n) is 4.49. The number of carbonyl (C=O) groups is 1. The van der Waals surface area contributed by atoms with Crippen LogP contribution in [0.15, 0.2) is 66.7 Å². The first-order valence-corrected chi connectivity index (χ1v) is 10.2. The first-order chi connectivity index (χ1) is 15.4. The summed E-state index contributed by atoms with van der Waals surface area (Å²) in [6, 6.07) is 15.5. The molecule has 1 N–H and O–H groups in total. The molecule has 0 aromatic heterocycles. The summed E-state index contributed by atoms with van der Waals surface area (Å²) in [5, 5.41) is 3.10. The van der Waals surface area contributed by atoms with Gasteiger partial charge in [-0.05, 0) is 80.4 Å². The Morgan fingerprint density at radius 1 is 0.848 bits per heavy atom. The molecule has 0 spiro atoms. The van der Waals surface area contributed by atoms with E-state index in [9.17, 15) is 22.4 Å². The molecule has 3 nitrogen and oxygen atoms in total. The molecule has 0 aliphatic rings. The van der Waals surface area contributed by atoms with Gasteiger partial charge in [0, 0.05) is 5.69 Å². The lowest BCUT2D eigenvalue weighted by atomic mass is 10.1. The van der Waals surface area contributed by atoms with E-state index in [0.717, 1.165) is 12.1 Å². The van der Waals surface area contributed by atoms with E-state index in [1.54, 1.807) is 63.3 Å². The minimum Gasteiger partial charge on any atom is -0.456 e. The van der Waals surface area contributed by atoms with Crippen LogP contribution >= 0.6 is 0 Å². The zero-order chi connectivity index (χ0) is 24.2. The van der Waals surface area contributed by atoms with Crippen molar-refractivity contribution in [2.75, 3.05) is 5.32 Å². The number of halogens is 4. The van der Waals surface area contributed by atoms with Crippen molar-refractivity contribution in [2.24, 2.45) is 0 Å². The number of hydrogen-bond donors (Lipinski definition) is 1. The summed E-state index contributed by atoms with van der Waals surface area (Å²) < 4.78 is 57.0. The smallest absolute Gasteiger partial charge is 0.416 e. The standard InChI is InChI=1S/C26H23F4NO2/c1-25(2,3)33-24(32)22-15-8-18(16-23(22)31-21-13-11-20(27)12-14-21)5-4-17-6-9-19(10-7-17)26(28,29)30/h4-16,31H,1-3H3. The molecule has 3 aromatic carbocycles. The van der Waals surface area contributed by atoms with Crippen molar-refractivity contribution >= 4 is 29.5 Å². The molecule has 0 radical (unpaired) electrons. The molecular weight excluding hydrogens is 434 g/mol. The number of nitrogens with one attached hydrogen (secondary N) is 1. The van der Waals surface area contributed by atoms with E-state index in [2.05, 4.69) is 5.32 Å². The average Bonchev–Trinajstić information content (AvgIpc) is 2.72. The molecule has 3 aromatic rings. The monoisotopic (exact) mass is 457 g/mol. The van der Waals surface area contributed by atoms with Crippen LogP contribution in [0.5, 0.6) is 0 Å². The van der Waals surface area contributed by atoms with Gasteiger partial charge in [-0.15, -0.1) is 0 Å². The van der Waals surface area contributed by atoms with Crippen molar-refractivity contribution in [3.05, 3.63) is 94.8 Å². The van der Waals surface area contributed by atoms with E-state index < -0.39 is 23.3 Å². The van der Waals surface area contributed by atoms with Crippen LogP contribution in [0.4, 0.5) is 28.9 Å². The highest BCUT2D eigenvalue weighted by molar-refractivity contribution is 5.97. The van der Waals surface area contributed by atoms with Gasteiger partial charge in [-0.25, -0.2) is 9.18 Å². The van der Waals surface area contributed by atoms with Crippen LogP contribution in [-0.2, 0) is 10.9 Å². The summed E-state index contributed by atoms with van der Waals surface area (Å²) in [5.41, 5.74) is 1.20. The molecule has 0 heterocycles. The predicted octanol–water partition coefficient (Wildman–Crippen LogP) is 7.71. The van der Waals surface area contributed by atoms with Crippen LogP contribution in [-0.4, -0.2) is 11.6 Å². The van der Waals surface area contributed by atoms with Gasteiger partial charge in [0.15, 0.2) is 0 Å². The van der Waals surface area contributed by atoms with Crippen LogP contribution in [0.1, 0.15) is 47.8 Å². The summed E-state index contributed by atoms with van der Waals surface area (Å²) in [4.78, 5) is 12.7. The van der Waals surface area contributed by atoms with Crippen molar-refractivity contribution < 1.29 is 27.1 Å².